The molecule has 1 heterocycles. The minimum absolute atomic E-state index is 0.593. The van der Waals surface area contributed by atoms with E-state index in [1.807, 2.05) is 50.2 Å². The molecule has 4 heteroatoms. The second-order valence-electron chi connectivity index (χ2n) is 5.68. The molecule has 26 heavy (non-hydrogen) atoms. The molecule has 0 amide bonds. The molecule has 0 aliphatic rings. The Kier molecular flexibility index (Phi) is 5.70. The lowest BCUT2D eigenvalue weighted by Crippen LogP contribution is -1.97. The summed E-state index contributed by atoms with van der Waals surface area (Å²) in [5.74, 6) is 8.01. The lowest BCUT2D eigenvalue weighted by molar-refractivity contribution is 0.330. The number of benzene rings is 2. The highest BCUT2D eigenvalue weighted by atomic mass is 16.5. The number of nitrogens with zero attached hydrogens (tertiary/aromatic N) is 2. The lowest BCUT2D eigenvalue weighted by Gasteiger charge is -2.08. The molecule has 0 unspecified atom stereocenters. The van der Waals surface area contributed by atoms with Crippen LogP contribution in [-0.2, 0) is 6.42 Å². The van der Waals surface area contributed by atoms with E-state index < -0.39 is 0 Å². The van der Waals surface area contributed by atoms with Gasteiger partial charge in [-0.05, 0) is 56.7 Å². The normalized spacial score (nSPS) is 10.3. The van der Waals surface area contributed by atoms with Crippen LogP contribution in [0.3, 0.4) is 0 Å². The van der Waals surface area contributed by atoms with Gasteiger partial charge < -0.3 is 9.47 Å². The molecule has 132 valence electrons. The zero-order valence-corrected chi connectivity index (χ0v) is 15.4. The molecular formula is C22H22N2O2. The van der Waals surface area contributed by atoms with Gasteiger partial charge in [-0.2, -0.15) is 0 Å². The molecule has 0 fully saturated rings. The van der Waals surface area contributed by atoms with E-state index in [1.54, 1.807) is 6.33 Å². The van der Waals surface area contributed by atoms with E-state index >= 15 is 0 Å². The van der Waals surface area contributed by atoms with Crippen LogP contribution < -0.4 is 9.47 Å². The first-order valence-electron chi connectivity index (χ1n) is 8.90. The van der Waals surface area contributed by atoms with Crippen LogP contribution in [0.2, 0.25) is 0 Å². The average Bonchev–Trinajstić information content (AvgIpc) is 2.67. The molecule has 0 aliphatic carbocycles. The monoisotopic (exact) mass is 346 g/mol. The van der Waals surface area contributed by atoms with Crippen molar-refractivity contribution in [3.63, 3.8) is 0 Å². The van der Waals surface area contributed by atoms with Crippen molar-refractivity contribution in [2.75, 3.05) is 13.2 Å². The standard InChI is InChI=1S/C22H22N2O2/c1-4-20-19-13-16(8-11-21(19)24-15-23-20)7-9-17-14-18(25-5-2)10-12-22(17)26-6-3/h8,10-15H,4-6H2,1-3H3. The van der Waals surface area contributed by atoms with Crippen LogP contribution >= 0.6 is 0 Å². The van der Waals surface area contributed by atoms with Gasteiger partial charge in [0.05, 0.1) is 30.0 Å². The number of aromatic nitrogens is 2. The third kappa shape index (κ3) is 3.94. The van der Waals surface area contributed by atoms with Crippen LogP contribution in [0, 0.1) is 11.8 Å². The van der Waals surface area contributed by atoms with Crippen molar-refractivity contribution in [2.45, 2.75) is 27.2 Å². The predicted octanol–water partition coefficient (Wildman–Crippen LogP) is 4.39. The van der Waals surface area contributed by atoms with Crippen LogP contribution in [0.5, 0.6) is 11.5 Å². The van der Waals surface area contributed by atoms with Gasteiger partial charge in [0.15, 0.2) is 0 Å². The largest absolute Gasteiger partial charge is 0.494 e. The highest BCUT2D eigenvalue weighted by Gasteiger charge is 2.05. The van der Waals surface area contributed by atoms with Gasteiger partial charge in [0.2, 0.25) is 0 Å². The van der Waals surface area contributed by atoms with Crippen LogP contribution in [0.25, 0.3) is 10.9 Å². The van der Waals surface area contributed by atoms with Gasteiger partial charge in [-0.3, -0.25) is 0 Å². The summed E-state index contributed by atoms with van der Waals surface area (Å²) < 4.78 is 11.3. The van der Waals surface area contributed by atoms with Crippen molar-refractivity contribution in [1.82, 2.24) is 9.97 Å². The molecule has 0 saturated heterocycles. The Morgan fingerprint density at radius 2 is 1.73 bits per heavy atom. The van der Waals surface area contributed by atoms with Crippen LogP contribution in [-0.4, -0.2) is 23.2 Å². The minimum Gasteiger partial charge on any atom is -0.494 e. The molecule has 0 saturated carbocycles. The van der Waals surface area contributed by atoms with Crippen molar-refractivity contribution in [3.8, 4) is 23.3 Å². The summed E-state index contributed by atoms with van der Waals surface area (Å²) in [6.45, 7) is 7.22. The Morgan fingerprint density at radius 3 is 2.50 bits per heavy atom. The Balaban J connectivity index is 2.00. The number of hydrogen-bond acceptors (Lipinski definition) is 4. The maximum absolute atomic E-state index is 5.69. The van der Waals surface area contributed by atoms with Crippen molar-refractivity contribution in [3.05, 3.63) is 59.5 Å². The van der Waals surface area contributed by atoms with Crippen LogP contribution in [0.4, 0.5) is 0 Å². The fourth-order valence-corrected chi connectivity index (χ4v) is 2.75. The molecular weight excluding hydrogens is 324 g/mol. The maximum Gasteiger partial charge on any atom is 0.135 e. The van der Waals surface area contributed by atoms with E-state index in [2.05, 4.69) is 28.7 Å². The summed E-state index contributed by atoms with van der Waals surface area (Å²) in [6, 6.07) is 11.7. The second kappa shape index (κ2) is 8.35. The molecule has 0 radical (unpaired) electrons. The number of hydrogen-bond donors (Lipinski definition) is 0. The third-order valence-electron chi connectivity index (χ3n) is 3.96. The molecule has 0 bridgehead atoms. The minimum atomic E-state index is 0.593. The van der Waals surface area contributed by atoms with E-state index in [9.17, 15) is 0 Å². The van der Waals surface area contributed by atoms with Gasteiger partial charge in [-0.25, -0.2) is 9.97 Å². The first-order chi connectivity index (χ1) is 12.7. The predicted molar refractivity (Wildman–Crippen MR) is 104 cm³/mol. The molecule has 3 rings (SSSR count). The smallest absolute Gasteiger partial charge is 0.135 e. The molecule has 1 aromatic heterocycles. The molecule has 3 aromatic rings. The van der Waals surface area contributed by atoms with Gasteiger partial charge in [0.1, 0.15) is 17.8 Å². The summed E-state index contributed by atoms with van der Waals surface area (Å²) in [5, 5.41) is 1.05. The Morgan fingerprint density at radius 1 is 0.885 bits per heavy atom. The van der Waals surface area contributed by atoms with Gasteiger partial charge in [-0.1, -0.05) is 18.8 Å². The average molecular weight is 346 g/mol. The van der Waals surface area contributed by atoms with Gasteiger partial charge in [0, 0.05) is 10.9 Å². The number of ether oxygens (including phenoxy) is 2. The Labute approximate surface area is 154 Å². The zero-order valence-electron chi connectivity index (χ0n) is 15.4. The van der Waals surface area contributed by atoms with E-state index in [4.69, 9.17) is 9.47 Å². The van der Waals surface area contributed by atoms with Crippen molar-refractivity contribution in [2.24, 2.45) is 0 Å². The molecule has 0 spiro atoms. The zero-order chi connectivity index (χ0) is 18.4. The fraction of sp³-hybridized carbons (Fsp3) is 0.273. The van der Waals surface area contributed by atoms with Crippen molar-refractivity contribution in [1.29, 1.82) is 0 Å². The SMILES string of the molecule is CCOc1ccc(OCC)c(C#Cc2ccc3ncnc(CC)c3c2)c1. The Bertz CT molecular complexity index is 971. The van der Waals surface area contributed by atoms with Crippen LogP contribution in [0.1, 0.15) is 37.6 Å². The van der Waals surface area contributed by atoms with E-state index in [1.165, 1.54) is 0 Å². The molecule has 2 aromatic carbocycles. The number of fused-ring (bicyclic) bond motifs is 1. The highest BCUT2D eigenvalue weighted by molar-refractivity contribution is 5.82. The topological polar surface area (TPSA) is 44.2 Å². The summed E-state index contributed by atoms with van der Waals surface area (Å²) in [5.41, 5.74) is 3.71. The summed E-state index contributed by atoms with van der Waals surface area (Å²) in [7, 11) is 0. The van der Waals surface area contributed by atoms with Gasteiger partial charge >= 0.3 is 0 Å². The fourth-order valence-electron chi connectivity index (χ4n) is 2.75. The Hall–Kier alpha value is -3.06. The highest BCUT2D eigenvalue weighted by Crippen LogP contribution is 2.24. The lowest BCUT2D eigenvalue weighted by atomic mass is 10.1. The van der Waals surface area contributed by atoms with Crippen LogP contribution in [0.15, 0.2) is 42.7 Å². The molecule has 0 atom stereocenters. The molecule has 0 aliphatic heterocycles. The van der Waals surface area contributed by atoms with Crippen molar-refractivity contribution >= 4 is 10.9 Å². The number of aryl methyl sites for hydroxylation is 1. The number of rotatable bonds is 5. The first kappa shape index (κ1) is 17.8. The second-order valence-corrected chi connectivity index (χ2v) is 5.68. The summed E-state index contributed by atoms with van der Waals surface area (Å²) >= 11 is 0. The molecule has 4 nitrogen and oxygen atoms in total. The quantitative estimate of drug-likeness (QED) is 0.643. The van der Waals surface area contributed by atoms with Gasteiger partial charge in [0.25, 0.3) is 0 Å². The van der Waals surface area contributed by atoms with Gasteiger partial charge in [-0.15, -0.1) is 0 Å². The van der Waals surface area contributed by atoms with E-state index in [0.717, 1.165) is 45.6 Å². The first-order valence-corrected chi connectivity index (χ1v) is 8.90. The molecule has 0 N–H and O–H groups in total. The summed E-state index contributed by atoms with van der Waals surface area (Å²) in [6.07, 6.45) is 2.47. The van der Waals surface area contributed by atoms with E-state index in [0.29, 0.717) is 13.2 Å². The van der Waals surface area contributed by atoms with E-state index in [-0.39, 0.29) is 0 Å². The van der Waals surface area contributed by atoms with Crippen molar-refractivity contribution < 1.29 is 9.47 Å². The maximum atomic E-state index is 5.69. The summed E-state index contributed by atoms with van der Waals surface area (Å²) in [4.78, 5) is 8.68. The third-order valence-corrected chi connectivity index (χ3v) is 3.96.